The molecule has 0 fully saturated rings. The molecule has 1 amide bonds. The van der Waals surface area contributed by atoms with Crippen LogP contribution in [0, 0.1) is 0 Å². The number of carbonyl (C=O) groups is 1. The molecule has 3 rings (SSSR count). The summed E-state index contributed by atoms with van der Waals surface area (Å²) < 4.78 is 11.6. The Morgan fingerprint density at radius 2 is 2.00 bits per heavy atom. The topological polar surface area (TPSA) is 64.5 Å². The number of halogens is 1. The van der Waals surface area contributed by atoms with E-state index in [1.54, 1.807) is 49.9 Å². The lowest BCUT2D eigenvalue weighted by Gasteiger charge is -2.24. The largest absolute Gasteiger partial charge is 0.497 e. The zero-order chi connectivity index (χ0) is 22.6. The second-order valence-corrected chi connectivity index (χ2v) is 9.24. The van der Waals surface area contributed by atoms with Crippen LogP contribution in [0.4, 0.5) is 10.6 Å². The Hall–Kier alpha value is -2.90. The van der Waals surface area contributed by atoms with Crippen molar-refractivity contribution in [2.75, 3.05) is 19.1 Å². The Labute approximate surface area is 190 Å². The highest BCUT2D eigenvalue weighted by molar-refractivity contribution is 7.19. The molecule has 31 heavy (non-hydrogen) atoms. The number of amides is 1. The fourth-order valence-electron chi connectivity index (χ4n) is 2.58. The second-order valence-electron chi connectivity index (χ2n) is 7.74. The number of benzene rings is 1. The minimum Gasteiger partial charge on any atom is -0.497 e. The molecule has 0 atom stereocenters. The molecular formula is C23H24ClN3O3S. The average molecular weight is 458 g/mol. The van der Waals surface area contributed by atoms with Crippen LogP contribution in [-0.2, 0) is 4.74 Å². The molecule has 0 saturated carbocycles. The number of allylic oxidation sites excluding steroid dienone is 2. The van der Waals surface area contributed by atoms with Crippen LogP contribution < -0.4 is 9.64 Å². The van der Waals surface area contributed by atoms with E-state index in [0.29, 0.717) is 10.9 Å². The molecule has 0 aliphatic heterocycles. The molecule has 0 unspecified atom stereocenters. The van der Waals surface area contributed by atoms with E-state index >= 15 is 0 Å². The number of ether oxygens (including phenoxy) is 2. The van der Waals surface area contributed by atoms with Crippen LogP contribution in [0.25, 0.3) is 22.4 Å². The van der Waals surface area contributed by atoms with E-state index in [1.165, 1.54) is 4.90 Å². The molecule has 0 aliphatic rings. The number of rotatable bonds is 5. The Kier molecular flexibility index (Phi) is 6.97. The zero-order valence-corrected chi connectivity index (χ0v) is 19.6. The molecule has 162 valence electrons. The lowest BCUT2D eigenvalue weighted by molar-refractivity contribution is 0.0588. The van der Waals surface area contributed by atoms with Crippen LogP contribution in [0.5, 0.6) is 5.75 Å². The van der Waals surface area contributed by atoms with Crippen LogP contribution >= 0.6 is 22.9 Å². The van der Waals surface area contributed by atoms with E-state index < -0.39 is 11.7 Å². The zero-order valence-electron chi connectivity index (χ0n) is 18.0. The summed E-state index contributed by atoms with van der Waals surface area (Å²) in [6.07, 6.45) is 6.64. The Morgan fingerprint density at radius 3 is 2.65 bits per heavy atom. The molecule has 6 nitrogen and oxygen atoms in total. The van der Waals surface area contributed by atoms with Crippen LogP contribution in [0.3, 0.4) is 0 Å². The summed E-state index contributed by atoms with van der Waals surface area (Å²) in [5, 5.41) is 1.38. The van der Waals surface area contributed by atoms with Crippen molar-refractivity contribution >= 4 is 57.2 Å². The van der Waals surface area contributed by atoms with Crippen LogP contribution in [0.15, 0.2) is 47.6 Å². The number of hydrogen-bond acceptors (Lipinski definition) is 6. The van der Waals surface area contributed by atoms with Crippen molar-refractivity contribution in [2.45, 2.75) is 26.4 Å². The number of aromatic nitrogens is 2. The van der Waals surface area contributed by atoms with Crippen molar-refractivity contribution in [3.63, 3.8) is 0 Å². The van der Waals surface area contributed by atoms with Gasteiger partial charge < -0.3 is 9.47 Å². The van der Waals surface area contributed by atoms with Gasteiger partial charge in [0.15, 0.2) is 0 Å². The number of fused-ring (bicyclic) bond motifs is 1. The van der Waals surface area contributed by atoms with Crippen LogP contribution in [-0.4, -0.2) is 35.8 Å². The van der Waals surface area contributed by atoms with E-state index in [-0.39, 0.29) is 0 Å². The summed E-state index contributed by atoms with van der Waals surface area (Å²) in [5.41, 5.74) is 1.16. The van der Waals surface area contributed by atoms with E-state index in [9.17, 15) is 4.79 Å². The molecule has 0 spiro atoms. The molecule has 2 heterocycles. The average Bonchev–Trinajstić information content (AvgIpc) is 3.13. The quantitative estimate of drug-likeness (QED) is 0.417. The Morgan fingerprint density at radius 1 is 1.23 bits per heavy atom. The number of anilines is 1. The van der Waals surface area contributed by atoms with Crippen molar-refractivity contribution in [2.24, 2.45) is 0 Å². The highest BCUT2D eigenvalue weighted by atomic mass is 35.5. The van der Waals surface area contributed by atoms with Gasteiger partial charge in [-0.25, -0.2) is 14.8 Å². The van der Waals surface area contributed by atoms with Crippen molar-refractivity contribution in [1.82, 2.24) is 9.97 Å². The Bertz CT molecular complexity index is 1130. The molecule has 0 radical (unpaired) electrons. The molecule has 0 bridgehead atoms. The number of hydrogen-bond donors (Lipinski definition) is 0. The van der Waals surface area contributed by atoms with Crippen LogP contribution in [0.2, 0.25) is 0 Å². The third-order valence-electron chi connectivity index (χ3n) is 4.08. The number of methoxy groups -OCH3 is 1. The lowest BCUT2D eigenvalue weighted by atomic mass is 10.2. The van der Waals surface area contributed by atoms with Gasteiger partial charge in [-0.3, -0.25) is 4.90 Å². The first-order valence-electron chi connectivity index (χ1n) is 9.57. The summed E-state index contributed by atoms with van der Waals surface area (Å²) in [7, 11) is 3.26. The van der Waals surface area contributed by atoms with E-state index in [4.69, 9.17) is 21.1 Å². The summed E-state index contributed by atoms with van der Waals surface area (Å²) in [5.74, 6) is 1.29. The maximum atomic E-state index is 12.2. The Balaban J connectivity index is 1.68. The fraction of sp³-hybridized carbons (Fsp3) is 0.261. The van der Waals surface area contributed by atoms with Gasteiger partial charge in [-0.2, -0.15) is 0 Å². The standard InChI is InChI=1S/C23H24ClN3O3S/c1-23(2,3)30-22(28)27(4)20-10-6-15(14-25-20)12-16(24)7-11-21-26-18-9-8-17(29-5)13-19(18)31-21/h6-14H,1-5H3/b11-7+,16-12+. The lowest BCUT2D eigenvalue weighted by Crippen LogP contribution is -2.34. The number of thiazole rings is 1. The van der Waals surface area contributed by atoms with Gasteiger partial charge in [0, 0.05) is 18.3 Å². The van der Waals surface area contributed by atoms with Gasteiger partial charge in [0.2, 0.25) is 0 Å². The van der Waals surface area contributed by atoms with Crippen molar-refractivity contribution in [1.29, 1.82) is 0 Å². The molecular weight excluding hydrogens is 434 g/mol. The van der Waals surface area contributed by atoms with Gasteiger partial charge in [0.25, 0.3) is 0 Å². The summed E-state index contributed by atoms with van der Waals surface area (Å²) in [4.78, 5) is 22.4. The number of nitrogens with zero attached hydrogens (tertiary/aromatic N) is 3. The van der Waals surface area contributed by atoms with E-state index in [1.807, 2.05) is 51.1 Å². The first-order chi connectivity index (χ1) is 14.6. The van der Waals surface area contributed by atoms with Gasteiger partial charge in [-0.15, -0.1) is 11.3 Å². The minimum atomic E-state index is -0.566. The molecule has 0 saturated heterocycles. The molecule has 8 heteroatoms. The van der Waals surface area contributed by atoms with E-state index in [2.05, 4.69) is 9.97 Å². The van der Waals surface area contributed by atoms with Crippen molar-refractivity contribution in [3.8, 4) is 5.75 Å². The first kappa shape index (κ1) is 22.8. The smallest absolute Gasteiger partial charge is 0.415 e. The second kappa shape index (κ2) is 9.49. The predicted octanol–water partition coefficient (Wildman–Crippen LogP) is 6.36. The minimum absolute atomic E-state index is 0.460. The molecule has 0 aliphatic carbocycles. The molecule has 1 aromatic carbocycles. The number of carbonyl (C=O) groups excluding carboxylic acids is 1. The summed E-state index contributed by atoms with van der Waals surface area (Å²) in [6.45, 7) is 5.46. The number of pyridine rings is 1. The van der Waals surface area contributed by atoms with Crippen LogP contribution in [0.1, 0.15) is 31.3 Å². The van der Waals surface area contributed by atoms with Crippen molar-refractivity contribution in [3.05, 3.63) is 58.2 Å². The highest BCUT2D eigenvalue weighted by Crippen LogP contribution is 2.27. The highest BCUT2D eigenvalue weighted by Gasteiger charge is 2.21. The summed E-state index contributed by atoms with van der Waals surface area (Å²) in [6, 6.07) is 9.36. The van der Waals surface area contributed by atoms with Gasteiger partial charge in [0.05, 0.1) is 17.3 Å². The maximum absolute atomic E-state index is 12.2. The van der Waals surface area contributed by atoms with Crippen molar-refractivity contribution < 1.29 is 14.3 Å². The third kappa shape index (κ3) is 6.29. The van der Waals surface area contributed by atoms with Gasteiger partial charge >= 0.3 is 6.09 Å². The predicted molar refractivity (Wildman–Crippen MR) is 128 cm³/mol. The summed E-state index contributed by atoms with van der Waals surface area (Å²) >= 11 is 7.92. The van der Waals surface area contributed by atoms with Gasteiger partial charge in [0.1, 0.15) is 22.2 Å². The normalized spacial score (nSPS) is 12.4. The molecule has 2 aromatic heterocycles. The third-order valence-corrected chi connectivity index (χ3v) is 5.30. The SMILES string of the molecule is COc1ccc2nc(/C=C/C(Cl)=C\c3ccc(N(C)C(=O)OC(C)(C)C)nc3)sc2c1. The van der Waals surface area contributed by atoms with E-state index in [0.717, 1.165) is 26.5 Å². The van der Waals surface area contributed by atoms with Gasteiger partial charge in [-0.1, -0.05) is 11.6 Å². The first-order valence-corrected chi connectivity index (χ1v) is 10.8. The monoisotopic (exact) mass is 457 g/mol. The molecule has 3 aromatic rings. The molecule has 0 N–H and O–H groups in total. The van der Waals surface area contributed by atoms with Gasteiger partial charge in [-0.05, 0) is 74.9 Å². The maximum Gasteiger partial charge on any atom is 0.415 e. The fourth-order valence-corrected chi connectivity index (χ4v) is 3.67.